The Morgan fingerprint density at radius 1 is 0.667 bits per heavy atom. The molecule has 0 radical (unpaired) electrons. The number of carbonyl (C=O) groups excluding carboxylic acids is 3. The minimum atomic E-state index is -0.271. The minimum Gasteiger partial charge on any atom is -0.292 e. The predicted molar refractivity (Wildman–Crippen MR) is 151 cm³/mol. The number of amides is 4. The molecular weight excluding hydrogens is 488 g/mol. The topological polar surface area (TPSA) is 73.3 Å². The highest BCUT2D eigenvalue weighted by atomic mass is 16.2. The Bertz CT molecular complexity index is 1390. The van der Waals surface area contributed by atoms with Crippen LogP contribution in [0.4, 0.5) is 10.5 Å². The fraction of sp³-hybridized carbons (Fsp3) is 0.312. The number of carbonyl (C=O) groups is 3. The van der Waals surface area contributed by atoms with Crippen LogP contribution >= 0.6 is 0 Å². The van der Waals surface area contributed by atoms with E-state index in [1.165, 1.54) is 24.2 Å². The van der Waals surface area contributed by atoms with Gasteiger partial charge in [0.2, 0.25) is 0 Å². The molecule has 6 rings (SSSR count). The first-order valence-electron chi connectivity index (χ1n) is 13.9. The summed E-state index contributed by atoms with van der Waals surface area (Å²) in [7, 11) is 0. The van der Waals surface area contributed by atoms with Crippen LogP contribution in [0.5, 0.6) is 0 Å². The summed E-state index contributed by atoms with van der Waals surface area (Å²) in [5.41, 5.74) is 4.71. The van der Waals surface area contributed by atoms with Crippen molar-refractivity contribution in [3.63, 3.8) is 0 Å². The van der Waals surface area contributed by atoms with Crippen molar-refractivity contribution in [2.24, 2.45) is 11.0 Å². The van der Waals surface area contributed by atoms with Crippen molar-refractivity contribution in [2.75, 3.05) is 18.0 Å². The number of nitrogens with zero attached hydrogens (tertiary/aromatic N) is 4. The van der Waals surface area contributed by atoms with Gasteiger partial charge < -0.3 is 0 Å². The summed E-state index contributed by atoms with van der Waals surface area (Å²) in [5.74, 6) is -0.233. The van der Waals surface area contributed by atoms with E-state index in [9.17, 15) is 14.4 Å². The van der Waals surface area contributed by atoms with Crippen molar-refractivity contribution in [3.05, 3.63) is 101 Å². The first-order valence-corrected chi connectivity index (χ1v) is 13.9. The van der Waals surface area contributed by atoms with Crippen LogP contribution in [0.3, 0.4) is 0 Å². The van der Waals surface area contributed by atoms with Crippen molar-refractivity contribution < 1.29 is 14.4 Å². The van der Waals surface area contributed by atoms with Gasteiger partial charge in [0.1, 0.15) is 0 Å². The van der Waals surface area contributed by atoms with Gasteiger partial charge in [-0.05, 0) is 43.0 Å². The van der Waals surface area contributed by atoms with Crippen molar-refractivity contribution >= 4 is 29.2 Å². The van der Waals surface area contributed by atoms with Crippen molar-refractivity contribution in [3.8, 4) is 0 Å². The summed E-state index contributed by atoms with van der Waals surface area (Å²) in [6.45, 7) is 0.980. The molecule has 0 saturated heterocycles. The van der Waals surface area contributed by atoms with E-state index in [0.717, 1.165) is 35.4 Å². The largest absolute Gasteiger partial charge is 0.345 e. The second kappa shape index (κ2) is 10.8. The van der Waals surface area contributed by atoms with Crippen LogP contribution in [-0.4, -0.2) is 46.6 Å². The molecule has 7 heteroatoms. The number of fused-ring (bicyclic) bond motifs is 2. The first kappa shape index (κ1) is 25.0. The van der Waals surface area contributed by atoms with E-state index >= 15 is 0 Å². The third-order valence-corrected chi connectivity index (χ3v) is 7.96. The Labute approximate surface area is 228 Å². The summed E-state index contributed by atoms with van der Waals surface area (Å²) in [4.78, 5) is 42.9. The standard InChI is InChI=1S/C32H32N4O3/c37-30-25-16-7-8-17-26(25)31(38)35(30)21-11-20-34-28-19-10-9-18-27(28)29(24-14-5-2-6-15-24)33-36(32(34)39)22-23-12-3-1-4-13-23/h1,3-4,7-10,12-13,16-19,24H,2,5-6,11,14-15,20-22H2. The highest BCUT2D eigenvalue weighted by molar-refractivity contribution is 6.21. The van der Waals surface area contributed by atoms with Gasteiger partial charge in [0, 0.05) is 24.6 Å². The lowest BCUT2D eigenvalue weighted by molar-refractivity contribution is 0.0653. The molecule has 1 fully saturated rings. The number of rotatable bonds is 7. The van der Waals surface area contributed by atoms with Crippen LogP contribution in [-0.2, 0) is 6.54 Å². The molecule has 4 amide bonds. The van der Waals surface area contributed by atoms with Crippen LogP contribution in [0.1, 0.15) is 70.4 Å². The number of anilines is 1. The van der Waals surface area contributed by atoms with Crippen molar-refractivity contribution in [1.82, 2.24) is 9.91 Å². The lowest BCUT2D eigenvalue weighted by atomic mass is 9.83. The second-order valence-corrected chi connectivity index (χ2v) is 10.5. The van der Waals surface area contributed by atoms with Crippen LogP contribution < -0.4 is 4.90 Å². The number of hydrazone groups is 1. The maximum absolute atomic E-state index is 14.1. The summed E-state index contributed by atoms with van der Waals surface area (Å²) in [6.07, 6.45) is 6.18. The highest BCUT2D eigenvalue weighted by Gasteiger charge is 2.36. The number of urea groups is 1. The normalized spacial score (nSPS) is 17.7. The maximum Gasteiger partial charge on any atom is 0.345 e. The molecule has 0 unspecified atom stereocenters. The molecule has 39 heavy (non-hydrogen) atoms. The molecule has 3 aromatic rings. The third-order valence-electron chi connectivity index (χ3n) is 7.96. The average molecular weight is 521 g/mol. The molecule has 0 aromatic heterocycles. The lowest BCUT2D eigenvalue weighted by Crippen LogP contribution is -2.41. The van der Waals surface area contributed by atoms with E-state index in [4.69, 9.17) is 5.10 Å². The van der Waals surface area contributed by atoms with Gasteiger partial charge in [-0.1, -0.05) is 79.9 Å². The molecule has 3 aromatic carbocycles. The SMILES string of the molecule is O=C1c2ccccc2C(=O)N1CCCN1C(=O)N(Cc2ccccc2)N=C(C2CCCCC2)c2ccccc21. The molecule has 3 aliphatic rings. The van der Waals surface area contributed by atoms with Gasteiger partial charge in [-0.3, -0.25) is 19.4 Å². The number of hydrogen-bond donors (Lipinski definition) is 0. The average Bonchev–Trinajstić information content (AvgIpc) is 3.16. The van der Waals surface area contributed by atoms with E-state index in [2.05, 4.69) is 6.07 Å². The van der Waals surface area contributed by atoms with Crippen molar-refractivity contribution in [1.29, 1.82) is 0 Å². The zero-order valence-corrected chi connectivity index (χ0v) is 22.0. The molecule has 1 saturated carbocycles. The zero-order valence-electron chi connectivity index (χ0n) is 22.0. The van der Waals surface area contributed by atoms with Gasteiger partial charge in [0.15, 0.2) is 0 Å². The monoisotopic (exact) mass is 520 g/mol. The van der Waals surface area contributed by atoms with Gasteiger partial charge in [0.25, 0.3) is 11.8 Å². The Kier molecular flexibility index (Phi) is 6.97. The van der Waals surface area contributed by atoms with Gasteiger partial charge in [-0.15, -0.1) is 0 Å². The molecule has 0 N–H and O–H groups in total. The Morgan fingerprint density at radius 3 is 1.95 bits per heavy atom. The number of hydrogen-bond acceptors (Lipinski definition) is 4. The third kappa shape index (κ3) is 4.85. The van der Waals surface area contributed by atoms with E-state index < -0.39 is 0 Å². The highest BCUT2D eigenvalue weighted by Crippen LogP contribution is 2.34. The molecule has 7 nitrogen and oxygen atoms in total. The predicted octanol–water partition coefficient (Wildman–Crippen LogP) is 6.10. The van der Waals surface area contributed by atoms with Gasteiger partial charge in [0.05, 0.1) is 29.1 Å². The smallest absolute Gasteiger partial charge is 0.292 e. The van der Waals surface area contributed by atoms with Crippen LogP contribution in [0, 0.1) is 5.92 Å². The van der Waals surface area contributed by atoms with Gasteiger partial charge >= 0.3 is 6.03 Å². The Morgan fingerprint density at radius 2 is 1.26 bits per heavy atom. The first-order chi connectivity index (χ1) is 19.1. The molecule has 0 atom stereocenters. The summed E-state index contributed by atoms with van der Waals surface area (Å²) in [5, 5.41) is 6.64. The molecule has 0 bridgehead atoms. The fourth-order valence-corrected chi connectivity index (χ4v) is 5.98. The summed E-state index contributed by atoms with van der Waals surface area (Å²) >= 11 is 0. The number of imide groups is 1. The quantitative estimate of drug-likeness (QED) is 0.354. The zero-order chi connectivity index (χ0) is 26.8. The molecule has 2 heterocycles. The molecular formula is C32H32N4O3. The molecule has 0 spiro atoms. The van der Waals surface area contributed by atoms with Crippen LogP contribution in [0.25, 0.3) is 0 Å². The van der Waals surface area contributed by atoms with Crippen LogP contribution in [0.15, 0.2) is 84.0 Å². The van der Waals surface area contributed by atoms with E-state index in [0.29, 0.717) is 36.6 Å². The minimum absolute atomic E-state index is 0.195. The molecule has 2 aliphatic heterocycles. The molecule has 1 aliphatic carbocycles. The van der Waals surface area contributed by atoms with Gasteiger partial charge in [-0.2, -0.15) is 5.10 Å². The molecule has 198 valence electrons. The Balaban J connectivity index is 1.29. The lowest BCUT2D eigenvalue weighted by Gasteiger charge is -2.27. The number of benzene rings is 3. The second-order valence-electron chi connectivity index (χ2n) is 10.5. The van der Waals surface area contributed by atoms with Crippen LogP contribution in [0.2, 0.25) is 0 Å². The fourth-order valence-electron chi connectivity index (χ4n) is 5.98. The maximum atomic E-state index is 14.1. The summed E-state index contributed by atoms with van der Waals surface area (Å²) < 4.78 is 0. The van der Waals surface area contributed by atoms with E-state index in [-0.39, 0.29) is 24.4 Å². The summed E-state index contributed by atoms with van der Waals surface area (Å²) in [6, 6.07) is 24.7. The van der Waals surface area contributed by atoms with Crippen molar-refractivity contribution in [2.45, 2.75) is 45.1 Å². The van der Waals surface area contributed by atoms with E-state index in [1.54, 1.807) is 34.2 Å². The Hall–Kier alpha value is -4.26. The number of para-hydroxylation sites is 1. The van der Waals surface area contributed by atoms with E-state index in [1.807, 2.05) is 48.5 Å². The van der Waals surface area contributed by atoms with Gasteiger partial charge in [-0.25, -0.2) is 9.80 Å².